The van der Waals surface area contributed by atoms with Crippen LogP contribution in [0.15, 0.2) is 12.2 Å². The molecule has 1 N–H and O–H groups in total. The van der Waals surface area contributed by atoms with Crippen LogP contribution in [0, 0.1) is 0 Å². The zero-order valence-electron chi connectivity index (χ0n) is 10.4. The third kappa shape index (κ3) is 5.95. The maximum Gasteiger partial charge on any atom is 0.0202 e. The summed E-state index contributed by atoms with van der Waals surface area (Å²) in [5.41, 5.74) is 1.33. The molecule has 1 fully saturated rings. The molecule has 0 spiro atoms. The molecule has 0 aromatic rings. The Bertz CT molecular complexity index is 185. The van der Waals surface area contributed by atoms with Crippen molar-refractivity contribution < 1.29 is 0 Å². The van der Waals surface area contributed by atoms with Crippen molar-refractivity contribution in [2.45, 2.75) is 45.6 Å². The smallest absolute Gasteiger partial charge is 0.0202 e. The summed E-state index contributed by atoms with van der Waals surface area (Å²) < 4.78 is 0. The molecule has 15 heavy (non-hydrogen) atoms. The third-order valence-corrected chi connectivity index (χ3v) is 2.94. The summed E-state index contributed by atoms with van der Waals surface area (Å²) in [5.74, 6) is 0. The molecule has 0 amide bonds. The van der Waals surface area contributed by atoms with E-state index in [1.165, 1.54) is 37.8 Å². The first kappa shape index (κ1) is 12.7. The van der Waals surface area contributed by atoms with E-state index in [0.29, 0.717) is 0 Å². The first-order valence-electron chi connectivity index (χ1n) is 6.38. The van der Waals surface area contributed by atoms with Gasteiger partial charge in [0, 0.05) is 19.1 Å². The van der Waals surface area contributed by atoms with Crippen molar-refractivity contribution in [2.24, 2.45) is 0 Å². The van der Waals surface area contributed by atoms with Crippen LogP contribution in [0.1, 0.15) is 39.5 Å². The van der Waals surface area contributed by atoms with Crippen LogP contribution < -0.4 is 5.32 Å². The van der Waals surface area contributed by atoms with E-state index in [1.54, 1.807) is 0 Å². The lowest BCUT2D eigenvalue weighted by atomic mass is 10.2. The van der Waals surface area contributed by atoms with E-state index in [9.17, 15) is 0 Å². The number of hydrogen-bond acceptors (Lipinski definition) is 2. The van der Waals surface area contributed by atoms with Crippen LogP contribution in [0.2, 0.25) is 0 Å². The Morgan fingerprint density at radius 2 is 2.13 bits per heavy atom. The summed E-state index contributed by atoms with van der Waals surface area (Å²) in [5, 5.41) is 3.52. The van der Waals surface area contributed by atoms with Crippen LogP contribution in [0.5, 0.6) is 0 Å². The van der Waals surface area contributed by atoms with Crippen LogP contribution >= 0.6 is 0 Å². The summed E-state index contributed by atoms with van der Waals surface area (Å²) in [6, 6.07) is 0.799. The Kier molecular flexibility index (Phi) is 5.96. The molecular weight excluding hydrogens is 184 g/mol. The first-order valence-corrected chi connectivity index (χ1v) is 6.38. The topological polar surface area (TPSA) is 15.3 Å². The highest BCUT2D eigenvalue weighted by Crippen LogP contribution is 2.18. The Hall–Kier alpha value is -0.340. The zero-order valence-corrected chi connectivity index (χ0v) is 10.4. The Labute approximate surface area is 94.7 Å². The molecule has 0 heterocycles. The van der Waals surface area contributed by atoms with Gasteiger partial charge < -0.3 is 5.32 Å². The minimum absolute atomic E-state index is 0.799. The highest BCUT2D eigenvalue weighted by atomic mass is 15.1. The molecule has 0 aromatic carbocycles. The van der Waals surface area contributed by atoms with Gasteiger partial charge in [-0.05, 0) is 37.9 Å². The molecule has 88 valence electrons. The van der Waals surface area contributed by atoms with Crippen molar-refractivity contribution in [3.05, 3.63) is 12.2 Å². The molecule has 1 aliphatic carbocycles. The fourth-order valence-corrected chi connectivity index (χ4v) is 1.68. The molecular formula is C13H26N2. The van der Waals surface area contributed by atoms with Crippen molar-refractivity contribution in [3.63, 3.8) is 0 Å². The van der Waals surface area contributed by atoms with Gasteiger partial charge in [0.25, 0.3) is 0 Å². The van der Waals surface area contributed by atoms with E-state index >= 15 is 0 Å². The summed E-state index contributed by atoms with van der Waals surface area (Å²) in [6.45, 7) is 13.1. The van der Waals surface area contributed by atoms with Crippen LogP contribution in [0.3, 0.4) is 0 Å². The molecule has 1 saturated carbocycles. The quantitative estimate of drug-likeness (QED) is 0.588. The Morgan fingerprint density at radius 3 is 2.67 bits per heavy atom. The highest BCUT2D eigenvalue weighted by molar-refractivity contribution is 5.01. The predicted molar refractivity (Wildman–Crippen MR) is 67.2 cm³/mol. The second-order valence-electron chi connectivity index (χ2n) is 4.63. The van der Waals surface area contributed by atoms with Gasteiger partial charge in [-0.1, -0.05) is 26.8 Å². The Morgan fingerprint density at radius 1 is 1.40 bits per heavy atom. The van der Waals surface area contributed by atoms with Gasteiger partial charge in [0.15, 0.2) is 0 Å². The van der Waals surface area contributed by atoms with Gasteiger partial charge in [0.05, 0.1) is 0 Å². The second-order valence-corrected chi connectivity index (χ2v) is 4.63. The average Bonchev–Trinajstić information content (AvgIpc) is 3.05. The van der Waals surface area contributed by atoms with Gasteiger partial charge in [-0.3, -0.25) is 4.90 Å². The first-order chi connectivity index (χ1) is 7.26. The molecule has 0 radical (unpaired) electrons. The van der Waals surface area contributed by atoms with Crippen LogP contribution in [0.4, 0.5) is 0 Å². The molecule has 0 aromatic heterocycles. The molecule has 1 rings (SSSR count). The van der Waals surface area contributed by atoms with Gasteiger partial charge in [-0.2, -0.15) is 0 Å². The van der Waals surface area contributed by atoms with Crippen molar-refractivity contribution in [1.82, 2.24) is 10.2 Å². The van der Waals surface area contributed by atoms with E-state index in [-0.39, 0.29) is 0 Å². The van der Waals surface area contributed by atoms with Crippen molar-refractivity contribution in [2.75, 3.05) is 26.2 Å². The van der Waals surface area contributed by atoms with E-state index < -0.39 is 0 Å². The fourth-order valence-electron chi connectivity index (χ4n) is 1.68. The number of rotatable bonds is 9. The summed E-state index contributed by atoms with van der Waals surface area (Å²) in [7, 11) is 0. The number of nitrogens with zero attached hydrogens (tertiary/aromatic N) is 1. The lowest BCUT2D eigenvalue weighted by molar-refractivity contribution is 0.304. The summed E-state index contributed by atoms with van der Waals surface area (Å²) in [4.78, 5) is 2.49. The van der Waals surface area contributed by atoms with Gasteiger partial charge in [0.2, 0.25) is 0 Å². The standard InChI is InChI=1S/C13H26N2/c1-4-6-9-15(5-2)11-12(3)10-14-13-7-8-13/h13-14H,3-11H2,1-2H3. The summed E-state index contributed by atoms with van der Waals surface area (Å²) in [6.07, 6.45) is 5.31. The second kappa shape index (κ2) is 7.02. The molecule has 2 heteroatoms. The fraction of sp³-hybridized carbons (Fsp3) is 0.846. The van der Waals surface area contributed by atoms with Crippen LogP contribution in [-0.2, 0) is 0 Å². The number of nitrogens with one attached hydrogen (secondary N) is 1. The number of unbranched alkanes of at least 4 members (excludes halogenated alkanes) is 1. The predicted octanol–water partition coefficient (Wildman–Crippen LogP) is 2.42. The van der Waals surface area contributed by atoms with E-state index in [1.807, 2.05) is 0 Å². The molecule has 1 aliphatic rings. The lowest BCUT2D eigenvalue weighted by Crippen LogP contribution is -2.30. The Balaban J connectivity index is 2.08. The minimum Gasteiger partial charge on any atom is -0.310 e. The van der Waals surface area contributed by atoms with E-state index in [4.69, 9.17) is 0 Å². The molecule has 0 unspecified atom stereocenters. The van der Waals surface area contributed by atoms with Gasteiger partial charge in [0.1, 0.15) is 0 Å². The SMILES string of the molecule is C=C(CNC1CC1)CN(CC)CCCC. The van der Waals surface area contributed by atoms with E-state index in [2.05, 4.69) is 30.6 Å². The molecule has 0 bridgehead atoms. The monoisotopic (exact) mass is 210 g/mol. The van der Waals surface area contributed by atoms with Gasteiger partial charge in [-0.15, -0.1) is 0 Å². The van der Waals surface area contributed by atoms with Crippen molar-refractivity contribution in [3.8, 4) is 0 Å². The zero-order chi connectivity index (χ0) is 11.1. The average molecular weight is 210 g/mol. The highest BCUT2D eigenvalue weighted by Gasteiger charge is 2.20. The largest absolute Gasteiger partial charge is 0.310 e. The van der Waals surface area contributed by atoms with Gasteiger partial charge in [-0.25, -0.2) is 0 Å². The third-order valence-electron chi connectivity index (χ3n) is 2.94. The van der Waals surface area contributed by atoms with Crippen LogP contribution in [-0.4, -0.2) is 37.1 Å². The molecule has 0 saturated heterocycles. The minimum atomic E-state index is 0.799. The normalized spacial score (nSPS) is 15.9. The lowest BCUT2D eigenvalue weighted by Gasteiger charge is -2.21. The molecule has 0 atom stereocenters. The van der Waals surface area contributed by atoms with Crippen molar-refractivity contribution in [1.29, 1.82) is 0 Å². The van der Waals surface area contributed by atoms with Crippen molar-refractivity contribution >= 4 is 0 Å². The maximum absolute atomic E-state index is 4.15. The number of hydrogen-bond donors (Lipinski definition) is 1. The summed E-state index contributed by atoms with van der Waals surface area (Å²) >= 11 is 0. The van der Waals surface area contributed by atoms with Crippen LogP contribution in [0.25, 0.3) is 0 Å². The molecule has 2 nitrogen and oxygen atoms in total. The van der Waals surface area contributed by atoms with E-state index in [0.717, 1.165) is 25.7 Å². The van der Waals surface area contributed by atoms with Gasteiger partial charge >= 0.3 is 0 Å². The maximum atomic E-state index is 4.15. The molecule has 0 aliphatic heterocycles. The number of likely N-dealkylation sites (N-methyl/N-ethyl adjacent to an activating group) is 1.